The molecule has 0 aromatic carbocycles. The lowest BCUT2D eigenvalue weighted by atomic mass is 10.0. The number of hydrogen-bond acceptors (Lipinski definition) is 2. The zero-order valence-corrected chi connectivity index (χ0v) is 9.96. The molecule has 1 unspecified atom stereocenters. The molecule has 1 heterocycles. The zero-order chi connectivity index (χ0) is 12.0. The number of rotatable bonds is 6. The van der Waals surface area contributed by atoms with Crippen molar-refractivity contribution in [3.8, 4) is 0 Å². The summed E-state index contributed by atoms with van der Waals surface area (Å²) in [6.45, 7) is 8.81. The first-order valence-corrected chi connectivity index (χ1v) is 5.69. The van der Waals surface area contributed by atoms with Crippen LogP contribution in [0.3, 0.4) is 0 Å². The quantitative estimate of drug-likeness (QED) is 0.747. The average molecular weight is 222 g/mol. The van der Waals surface area contributed by atoms with Gasteiger partial charge in [-0.05, 0) is 31.5 Å². The molecular formula is C13H19FN2. The predicted octanol–water partition coefficient (Wildman–Crippen LogP) is 3.23. The SMILES string of the molecule is C=C(CC)CC(NCC)c1ncccc1F. The number of halogens is 1. The van der Waals surface area contributed by atoms with Crippen LogP contribution in [0.4, 0.5) is 4.39 Å². The molecule has 2 nitrogen and oxygen atoms in total. The van der Waals surface area contributed by atoms with Crippen LogP contribution in [0.5, 0.6) is 0 Å². The molecule has 0 aliphatic rings. The van der Waals surface area contributed by atoms with E-state index in [0.29, 0.717) is 5.69 Å². The molecule has 0 amide bonds. The minimum absolute atomic E-state index is 0.0707. The van der Waals surface area contributed by atoms with Crippen molar-refractivity contribution in [2.24, 2.45) is 0 Å². The fourth-order valence-electron chi connectivity index (χ4n) is 1.60. The van der Waals surface area contributed by atoms with Crippen LogP contribution in [0.2, 0.25) is 0 Å². The lowest BCUT2D eigenvalue weighted by molar-refractivity contribution is 0.490. The third kappa shape index (κ3) is 3.42. The van der Waals surface area contributed by atoms with E-state index in [4.69, 9.17) is 0 Å². The summed E-state index contributed by atoms with van der Waals surface area (Å²) in [6.07, 6.45) is 3.27. The van der Waals surface area contributed by atoms with E-state index in [2.05, 4.69) is 23.8 Å². The van der Waals surface area contributed by atoms with Gasteiger partial charge in [0.2, 0.25) is 0 Å². The fourth-order valence-corrected chi connectivity index (χ4v) is 1.60. The van der Waals surface area contributed by atoms with Crippen LogP contribution in [-0.4, -0.2) is 11.5 Å². The van der Waals surface area contributed by atoms with E-state index in [1.807, 2.05) is 6.92 Å². The number of aromatic nitrogens is 1. The lowest BCUT2D eigenvalue weighted by Gasteiger charge is -2.18. The molecule has 0 radical (unpaired) electrons. The van der Waals surface area contributed by atoms with Crippen LogP contribution in [-0.2, 0) is 0 Å². The third-order valence-corrected chi connectivity index (χ3v) is 2.56. The Kier molecular flexibility index (Phi) is 5.12. The Morgan fingerprint density at radius 1 is 1.56 bits per heavy atom. The maximum atomic E-state index is 13.6. The minimum atomic E-state index is -0.252. The minimum Gasteiger partial charge on any atom is -0.309 e. The van der Waals surface area contributed by atoms with E-state index in [1.165, 1.54) is 6.07 Å². The lowest BCUT2D eigenvalue weighted by Crippen LogP contribution is -2.23. The topological polar surface area (TPSA) is 24.9 Å². The Morgan fingerprint density at radius 3 is 2.88 bits per heavy atom. The Balaban J connectivity index is 2.85. The van der Waals surface area contributed by atoms with Crippen molar-refractivity contribution >= 4 is 0 Å². The van der Waals surface area contributed by atoms with E-state index in [-0.39, 0.29) is 11.9 Å². The number of pyridine rings is 1. The highest BCUT2D eigenvalue weighted by Crippen LogP contribution is 2.22. The van der Waals surface area contributed by atoms with Gasteiger partial charge in [0.15, 0.2) is 0 Å². The third-order valence-electron chi connectivity index (χ3n) is 2.56. The summed E-state index contributed by atoms with van der Waals surface area (Å²) < 4.78 is 13.6. The summed E-state index contributed by atoms with van der Waals surface area (Å²) in [7, 11) is 0. The molecule has 1 rings (SSSR count). The Bertz CT molecular complexity index is 350. The molecule has 3 heteroatoms. The van der Waals surface area contributed by atoms with Gasteiger partial charge in [-0.1, -0.05) is 26.0 Å². The van der Waals surface area contributed by atoms with E-state index in [0.717, 1.165) is 25.0 Å². The summed E-state index contributed by atoms with van der Waals surface area (Å²) in [5.41, 5.74) is 1.59. The predicted molar refractivity (Wildman–Crippen MR) is 64.7 cm³/mol. The second-order valence-electron chi connectivity index (χ2n) is 3.79. The monoisotopic (exact) mass is 222 g/mol. The molecule has 0 bridgehead atoms. The van der Waals surface area contributed by atoms with Gasteiger partial charge in [-0.3, -0.25) is 4.98 Å². The van der Waals surface area contributed by atoms with Crippen molar-refractivity contribution in [2.75, 3.05) is 6.54 Å². The molecule has 0 aliphatic heterocycles. The van der Waals surface area contributed by atoms with Crippen LogP contribution in [0.25, 0.3) is 0 Å². The largest absolute Gasteiger partial charge is 0.309 e. The van der Waals surface area contributed by atoms with Gasteiger partial charge in [0, 0.05) is 6.20 Å². The van der Waals surface area contributed by atoms with Crippen LogP contribution >= 0.6 is 0 Å². The molecule has 1 N–H and O–H groups in total. The fraction of sp³-hybridized carbons (Fsp3) is 0.462. The standard InChI is InChI=1S/C13H19FN2/c1-4-10(3)9-12(15-5-2)13-11(14)7-6-8-16-13/h6-8,12,15H,3-5,9H2,1-2H3. The second kappa shape index (κ2) is 6.38. The van der Waals surface area contributed by atoms with Gasteiger partial charge in [0.05, 0.1) is 11.7 Å². The van der Waals surface area contributed by atoms with Crippen LogP contribution < -0.4 is 5.32 Å². The smallest absolute Gasteiger partial charge is 0.146 e. The molecule has 0 saturated heterocycles. The molecular weight excluding hydrogens is 203 g/mol. The van der Waals surface area contributed by atoms with Gasteiger partial charge >= 0.3 is 0 Å². The van der Waals surface area contributed by atoms with Crippen LogP contribution in [0, 0.1) is 5.82 Å². The average Bonchev–Trinajstić information content (AvgIpc) is 2.29. The molecule has 0 aliphatic carbocycles. The molecule has 1 aromatic heterocycles. The molecule has 0 spiro atoms. The summed E-state index contributed by atoms with van der Waals surface area (Å²) in [4.78, 5) is 4.11. The Hall–Kier alpha value is -1.22. The van der Waals surface area contributed by atoms with Gasteiger partial charge in [-0.25, -0.2) is 4.39 Å². The van der Waals surface area contributed by atoms with Gasteiger partial charge in [0.25, 0.3) is 0 Å². The van der Waals surface area contributed by atoms with Crippen LogP contribution in [0.15, 0.2) is 30.5 Å². The van der Waals surface area contributed by atoms with Crippen molar-refractivity contribution in [1.29, 1.82) is 0 Å². The Labute approximate surface area is 96.6 Å². The summed E-state index contributed by atoms with van der Waals surface area (Å²) in [6, 6.07) is 2.98. The number of nitrogens with zero attached hydrogens (tertiary/aromatic N) is 1. The summed E-state index contributed by atoms with van der Waals surface area (Å²) in [5.74, 6) is -0.252. The van der Waals surface area contributed by atoms with Gasteiger partial charge in [-0.2, -0.15) is 0 Å². The van der Waals surface area contributed by atoms with E-state index >= 15 is 0 Å². The maximum absolute atomic E-state index is 13.6. The maximum Gasteiger partial charge on any atom is 0.146 e. The van der Waals surface area contributed by atoms with E-state index in [1.54, 1.807) is 12.3 Å². The molecule has 88 valence electrons. The number of nitrogens with one attached hydrogen (secondary N) is 1. The molecule has 1 atom stereocenters. The molecule has 16 heavy (non-hydrogen) atoms. The van der Waals surface area contributed by atoms with E-state index in [9.17, 15) is 4.39 Å². The summed E-state index contributed by atoms with van der Waals surface area (Å²) in [5, 5.41) is 3.24. The highest BCUT2D eigenvalue weighted by molar-refractivity contribution is 5.14. The highest BCUT2D eigenvalue weighted by atomic mass is 19.1. The van der Waals surface area contributed by atoms with Crippen LogP contribution in [0.1, 0.15) is 38.4 Å². The second-order valence-corrected chi connectivity index (χ2v) is 3.79. The molecule has 0 saturated carbocycles. The van der Waals surface area contributed by atoms with Crippen molar-refractivity contribution in [3.63, 3.8) is 0 Å². The molecule has 0 fully saturated rings. The first kappa shape index (κ1) is 12.8. The zero-order valence-electron chi connectivity index (χ0n) is 9.96. The van der Waals surface area contributed by atoms with Gasteiger partial charge in [0.1, 0.15) is 5.82 Å². The van der Waals surface area contributed by atoms with E-state index < -0.39 is 0 Å². The summed E-state index contributed by atoms with van der Waals surface area (Å²) >= 11 is 0. The van der Waals surface area contributed by atoms with Crippen molar-refractivity contribution < 1.29 is 4.39 Å². The van der Waals surface area contributed by atoms with Crippen molar-refractivity contribution in [1.82, 2.24) is 10.3 Å². The van der Waals surface area contributed by atoms with Crippen molar-refractivity contribution in [3.05, 3.63) is 42.0 Å². The van der Waals surface area contributed by atoms with Gasteiger partial charge in [-0.15, -0.1) is 0 Å². The van der Waals surface area contributed by atoms with Gasteiger partial charge < -0.3 is 5.32 Å². The highest BCUT2D eigenvalue weighted by Gasteiger charge is 2.16. The van der Waals surface area contributed by atoms with Crippen molar-refractivity contribution in [2.45, 2.75) is 32.7 Å². The molecule has 1 aromatic rings. The number of hydrogen-bond donors (Lipinski definition) is 1. The normalized spacial score (nSPS) is 12.4. The Morgan fingerprint density at radius 2 is 2.31 bits per heavy atom. The first-order chi connectivity index (χ1) is 7.69. The first-order valence-electron chi connectivity index (χ1n) is 5.69.